The second kappa shape index (κ2) is 8.37. The third-order valence-corrected chi connectivity index (χ3v) is 5.45. The van der Waals surface area contributed by atoms with Crippen molar-refractivity contribution in [2.45, 2.75) is 6.92 Å². The molecule has 3 rings (SSSR count). The molecular formula is C20H18N2O3S2. The number of amides is 1. The second-order valence-corrected chi connectivity index (χ2v) is 7.55. The van der Waals surface area contributed by atoms with Gasteiger partial charge >= 0.3 is 5.97 Å². The highest BCUT2D eigenvalue weighted by molar-refractivity contribution is 8.26. The maximum atomic E-state index is 12.7. The van der Waals surface area contributed by atoms with Gasteiger partial charge in [-0.05, 0) is 42.3 Å². The van der Waals surface area contributed by atoms with Crippen LogP contribution in [-0.4, -0.2) is 34.9 Å². The molecule has 1 saturated heterocycles. The fourth-order valence-corrected chi connectivity index (χ4v) is 3.81. The molecule has 1 N–H and O–H groups in total. The lowest BCUT2D eigenvalue weighted by Gasteiger charge is -2.17. The molecule has 5 nitrogen and oxygen atoms in total. The predicted octanol–water partition coefficient (Wildman–Crippen LogP) is 4.05. The summed E-state index contributed by atoms with van der Waals surface area (Å²) in [5.41, 5.74) is 3.35. The van der Waals surface area contributed by atoms with E-state index in [-0.39, 0.29) is 5.91 Å². The average Bonchev–Trinajstić information content (AvgIpc) is 2.94. The van der Waals surface area contributed by atoms with Gasteiger partial charge in [0.05, 0.1) is 24.2 Å². The van der Waals surface area contributed by atoms with Gasteiger partial charge in [0, 0.05) is 5.69 Å². The number of hydrogen-bond donors (Lipinski definition) is 1. The molecule has 0 spiro atoms. The molecule has 1 fully saturated rings. The maximum absolute atomic E-state index is 12.7. The van der Waals surface area contributed by atoms with Crippen molar-refractivity contribution in [3.8, 4) is 0 Å². The van der Waals surface area contributed by atoms with E-state index in [9.17, 15) is 9.59 Å². The van der Waals surface area contributed by atoms with Gasteiger partial charge in [-0.1, -0.05) is 54.3 Å². The Bertz CT molecular complexity index is 923. The Balaban J connectivity index is 1.70. The van der Waals surface area contributed by atoms with Crippen molar-refractivity contribution in [1.29, 1.82) is 0 Å². The van der Waals surface area contributed by atoms with Gasteiger partial charge in [0.1, 0.15) is 4.32 Å². The van der Waals surface area contributed by atoms with Gasteiger partial charge in [0.25, 0.3) is 5.91 Å². The number of nitrogens with zero attached hydrogens (tertiary/aromatic N) is 1. The number of para-hydroxylation sites is 1. The quantitative estimate of drug-likeness (QED) is 0.466. The number of thioether (sulfide) groups is 1. The van der Waals surface area contributed by atoms with Crippen LogP contribution in [0.25, 0.3) is 6.08 Å². The van der Waals surface area contributed by atoms with Gasteiger partial charge in [-0.15, -0.1) is 0 Å². The van der Waals surface area contributed by atoms with Crippen molar-refractivity contribution >= 4 is 51.9 Å². The largest absolute Gasteiger partial charge is 0.465 e. The van der Waals surface area contributed by atoms with Crippen molar-refractivity contribution < 1.29 is 14.3 Å². The van der Waals surface area contributed by atoms with Crippen LogP contribution in [0.3, 0.4) is 0 Å². The Morgan fingerprint density at radius 2 is 1.93 bits per heavy atom. The molecule has 27 heavy (non-hydrogen) atoms. The first-order chi connectivity index (χ1) is 13.0. The van der Waals surface area contributed by atoms with Crippen molar-refractivity contribution in [1.82, 2.24) is 4.90 Å². The Morgan fingerprint density at radius 1 is 1.22 bits per heavy atom. The number of rotatable bonds is 5. The molecule has 0 saturated carbocycles. The number of carbonyl (C=O) groups excluding carboxylic acids is 2. The summed E-state index contributed by atoms with van der Waals surface area (Å²) in [5, 5.41) is 3.25. The number of ether oxygens (including phenoxy) is 1. The zero-order chi connectivity index (χ0) is 19.4. The molecule has 1 aliphatic rings. The van der Waals surface area contributed by atoms with Gasteiger partial charge in [-0.2, -0.15) is 0 Å². The van der Waals surface area contributed by atoms with Gasteiger partial charge in [-0.25, -0.2) is 4.79 Å². The highest BCUT2D eigenvalue weighted by Crippen LogP contribution is 2.32. The number of nitrogens with one attached hydrogen (secondary N) is 1. The SMILES string of the molecule is COC(=O)c1ccc(C=C2SC(=S)N(CNc3ccccc3C)C2=O)cc1. The minimum absolute atomic E-state index is 0.136. The van der Waals surface area contributed by atoms with Crippen LogP contribution >= 0.6 is 24.0 Å². The second-order valence-electron chi connectivity index (χ2n) is 5.87. The Labute approximate surface area is 167 Å². The molecule has 1 aliphatic heterocycles. The molecule has 0 atom stereocenters. The lowest BCUT2D eigenvalue weighted by molar-refractivity contribution is -0.121. The van der Waals surface area contributed by atoms with Gasteiger partial charge < -0.3 is 10.1 Å². The molecule has 0 aromatic heterocycles. The third-order valence-electron chi connectivity index (χ3n) is 4.08. The van der Waals surface area contributed by atoms with Crippen LogP contribution < -0.4 is 5.32 Å². The minimum Gasteiger partial charge on any atom is -0.465 e. The molecule has 0 unspecified atom stereocenters. The molecule has 1 amide bonds. The fourth-order valence-electron chi connectivity index (χ4n) is 2.56. The van der Waals surface area contributed by atoms with Crippen LogP contribution in [0.5, 0.6) is 0 Å². The van der Waals surface area contributed by atoms with Gasteiger partial charge in [0.15, 0.2) is 0 Å². The molecule has 2 aromatic carbocycles. The highest BCUT2D eigenvalue weighted by Gasteiger charge is 2.31. The van der Waals surface area contributed by atoms with Crippen molar-refractivity contribution in [2.75, 3.05) is 19.1 Å². The number of anilines is 1. The van der Waals surface area contributed by atoms with Crippen LogP contribution in [0.2, 0.25) is 0 Å². The van der Waals surface area contributed by atoms with E-state index in [0.717, 1.165) is 16.8 Å². The van der Waals surface area contributed by atoms with E-state index in [1.165, 1.54) is 18.9 Å². The Hall–Kier alpha value is -2.64. The van der Waals surface area contributed by atoms with E-state index < -0.39 is 5.97 Å². The summed E-state index contributed by atoms with van der Waals surface area (Å²) in [5.74, 6) is -0.529. The highest BCUT2D eigenvalue weighted by atomic mass is 32.2. The van der Waals surface area contributed by atoms with E-state index >= 15 is 0 Å². The summed E-state index contributed by atoms with van der Waals surface area (Å²) in [7, 11) is 1.34. The monoisotopic (exact) mass is 398 g/mol. The first-order valence-corrected chi connectivity index (χ1v) is 9.45. The number of esters is 1. The number of carbonyl (C=O) groups is 2. The van der Waals surface area contributed by atoms with Crippen LogP contribution in [0.1, 0.15) is 21.5 Å². The lowest BCUT2D eigenvalue weighted by Crippen LogP contribution is -2.33. The summed E-state index contributed by atoms with van der Waals surface area (Å²) >= 11 is 6.62. The Morgan fingerprint density at radius 3 is 2.59 bits per heavy atom. The van der Waals surface area contributed by atoms with Gasteiger partial charge in [-0.3, -0.25) is 9.69 Å². The summed E-state index contributed by atoms with van der Waals surface area (Å²) in [6.07, 6.45) is 1.77. The molecule has 2 aromatic rings. The summed E-state index contributed by atoms with van der Waals surface area (Å²) in [4.78, 5) is 26.3. The molecular weight excluding hydrogens is 380 g/mol. The van der Waals surface area contributed by atoms with Gasteiger partial charge in [0.2, 0.25) is 0 Å². The predicted molar refractivity (Wildman–Crippen MR) is 112 cm³/mol. The van der Waals surface area contributed by atoms with E-state index in [4.69, 9.17) is 12.2 Å². The molecule has 0 radical (unpaired) electrons. The van der Waals surface area contributed by atoms with E-state index in [1.807, 2.05) is 31.2 Å². The maximum Gasteiger partial charge on any atom is 0.337 e. The topological polar surface area (TPSA) is 58.6 Å². The molecule has 138 valence electrons. The third kappa shape index (κ3) is 4.37. The van der Waals surface area contributed by atoms with Crippen LogP contribution in [0.15, 0.2) is 53.4 Å². The summed E-state index contributed by atoms with van der Waals surface area (Å²) < 4.78 is 5.20. The molecule has 0 bridgehead atoms. The number of aryl methyl sites for hydroxylation is 1. The zero-order valence-electron chi connectivity index (χ0n) is 14.9. The zero-order valence-corrected chi connectivity index (χ0v) is 16.5. The summed E-state index contributed by atoms with van der Waals surface area (Å²) in [6.45, 7) is 2.32. The van der Waals surface area contributed by atoms with E-state index in [0.29, 0.717) is 21.5 Å². The minimum atomic E-state index is -0.393. The number of thiocarbonyl (C=S) groups is 1. The van der Waals surface area contributed by atoms with E-state index in [1.54, 1.807) is 35.2 Å². The normalized spacial score (nSPS) is 15.3. The van der Waals surface area contributed by atoms with E-state index in [2.05, 4.69) is 10.1 Å². The van der Waals surface area contributed by atoms with Crippen LogP contribution in [-0.2, 0) is 9.53 Å². The standard InChI is InChI=1S/C20H18N2O3S2/c1-13-5-3-4-6-16(13)21-12-22-18(23)17(27-20(22)26)11-14-7-9-15(10-8-14)19(24)25-2/h3-11,21H,12H2,1-2H3. The number of methoxy groups -OCH3 is 1. The van der Waals surface area contributed by atoms with Crippen molar-refractivity contribution in [3.63, 3.8) is 0 Å². The smallest absolute Gasteiger partial charge is 0.337 e. The molecule has 1 heterocycles. The first-order valence-electron chi connectivity index (χ1n) is 8.23. The van der Waals surface area contributed by atoms with Crippen LogP contribution in [0.4, 0.5) is 5.69 Å². The first kappa shape index (κ1) is 19.1. The Kier molecular flexibility index (Phi) is 5.93. The summed E-state index contributed by atoms with van der Waals surface area (Å²) in [6, 6.07) is 14.7. The number of benzene rings is 2. The number of hydrogen-bond acceptors (Lipinski definition) is 6. The average molecular weight is 399 g/mol. The molecule has 0 aliphatic carbocycles. The van der Waals surface area contributed by atoms with Crippen molar-refractivity contribution in [3.05, 3.63) is 70.1 Å². The van der Waals surface area contributed by atoms with Crippen molar-refractivity contribution in [2.24, 2.45) is 0 Å². The molecule has 7 heteroatoms. The fraction of sp³-hybridized carbons (Fsp3) is 0.150. The van der Waals surface area contributed by atoms with Crippen LogP contribution in [0, 0.1) is 6.92 Å². The lowest BCUT2D eigenvalue weighted by atomic mass is 10.1.